The van der Waals surface area contributed by atoms with Gasteiger partial charge in [-0.3, -0.25) is 0 Å². The quantitative estimate of drug-likeness (QED) is 0.536. The first-order valence-corrected chi connectivity index (χ1v) is 3.52. The van der Waals surface area contributed by atoms with Crippen molar-refractivity contribution in [3.8, 4) is 5.88 Å². The molecule has 2 rings (SSSR count). The monoisotopic (exact) mass is 140 g/mol. The van der Waals surface area contributed by atoms with Gasteiger partial charge in [-0.15, -0.1) is 0 Å². The van der Waals surface area contributed by atoms with E-state index in [1.807, 2.05) is 0 Å². The zero-order chi connectivity index (χ0) is 6.10. The second-order valence-electron chi connectivity index (χ2n) is 1.57. The van der Waals surface area contributed by atoms with E-state index >= 15 is 0 Å². The molecule has 46 valence electrons. The van der Waals surface area contributed by atoms with Gasteiger partial charge < -0.3 is 4.74 Å². The fourth-order valence-electron chi connectivity index (χ4n) is 0.652. The van der Waals surface area contributed by atoms with E-state index in [2.05, 4.69) is 9.97 Å². The van der Waals surface area contributed by atoms with Gasteiger partial charge >= 0.3 is 0 Å². The maximum absolute atomic E-state index is 5.09. The molecule has 0 aromatic carbocycles. The lowest BCUT2D eigenvalue weighted by molar-refractivity contribution is 0.378. The van der Waals surface area contributed by atoms with Crippen LogP contribution in [0.3, 0.4) is 0 Å². The van der Waals surface area contributed by atoms with E-state index in [0.717, 1.165) is 5.03 Å². The summed E-state index contributed by atoms with van der Waals surface area (Å²) < 4.78 is 5.09. The summed E-state index contributed by atoms with van der Waals surface area (Å²) in [5.41, 5.74) is 0. The highest BCUT2D eigenvalue weighted by atomic mass is 32.2. The van der Waals surface area contributed by atoms with Gasteiger partial charge in [0, 0.05) is 12.4 Å². The molecule has 9 heavy (non-hydrogen) atoms. The number of hydrogen-bond donors (Lipinski definition) is 0. The van der Waals surface area contributed by atoms with Crippen LogP contribution in [-0.2, 0) is 0 Å². The molecule has 0 atom stereocenters. The summed E-state index contributed by atoms with van der Waals surface area (Å²) >= 11 is 1.57. The second kappa shape index (κ2) is 1.88. The third-order valence-electron chi connectivity index (χ3n) is 1.02. The Morgan fingerprint density at radius 1 is 1.44 bits per heavy atom. The zero-order valence-electron chi connectivity index (χ0n) is 4.57. The van der Waals surface area contributed by atoms with E-state index in [0.29, 0.717) is 11.8 Å². The molecule has 0 spiro atoms. The van der Waals surface area contributed by atoms with E-state index in [9.17, 15) is 0 Å². The summed E-state index contributed by atoms with van der Waals surface area (Å²) in [5.74, 6) is 1.32. The van der Waals surface area contributed by atoms with Gasteiger partial charge in [-0.25, -0.2) is 9.97 Å². The minimum atomic E-state index is 0.652. The molecule has 3 nitrogen and oxygen atoms in total. The number of nitrogens with zero attached hydrogens (tertiary/aromatic N) is 2. The molecule has 1 aromatic rings. The molecule has 0 amide bonds. The van der Waals surface area contributed by atoms with Crippen LogP contribution in [0.1, 0.15) is 0 Å². The van der Waals surface area contributed by atoms with Gasteiger partial charge in [0.1, 0.15) is 5.94 Å². The molecule has 4 heteroatoms. The van der Waals surface area contributed by atoms with Crippen LogP contribution in [0.15, 0.2) is 17.4 Å². The second-order valence-corrected chi connectivity index (χ2v) is 2.48. The minimum Gasteiger partial charge on any atom is -0.464 e. The first-order valence-electron chi connectivity index (χ1n) is 2.53. The summed E-state index contributed by atoms with van der Waals surface area (Å²) in [6.45, 7) is 0. The first-order chi connectivity index (χ1) is 4.47. The van der Waals surface area contributed by atoms with Crippen LogP contribution >= 0.6 is 11.8 Å². The maximum Gasteiger partial charge on any atom is 0.247 e. The molecule has 1 aliphatic heterocycles. The fourth-order valence-corrected chi connectivity index (χ4v) is 1.30. The van der Waals surface area contributed by atoms with Crippen molar-refractivity contribution in [2.75, 3.05) is 5.94 Å². The molecule has 2 heterocycles. The Morgan fingerprint density at radius 3 is 3.22 bits per heavy atom. The third-order valence-corrected chi connectivity index (χ3v) is 1.81. The summed E-state index contributed by atoms with van der Waals surface area (Å²) in [7, 11) is 0. The highest BCUT2D eigenvalue weighted by Crippen LogP contribution is 2.30. The number of ether oxygens (including phenoxy) is 1. The van der Waals surface area contributed by atoms with Crippen molar-refractivity contribution in [2.24, 2.45) is 0 Å². The van der Waals surface area contributed by atoms with Gasteiger partial charge in [-0.2, -0.15) is 0 Å². The predicted molar refractivity (Wildman–Crippen MR) is 33.4 cm³/mol. The Labute approximate surface area is 56.5 Å². The highest BCUT2D eigenvalue weighted by Gasteiger charge is 2.13. The van der Waals surface area contributed by atoms with E-state index in [1.165, 1.54) is 0 Å². The Balaban J connectivity index is 2.54. The van der Waals surface area contributed by atoms with E-state index in [4.69, 9.17) is 4.74 Å². The molecule has 0 radical (unpaired) electrons. The van der Waals surface area contributed by atoms with Crippen molar-refractivity contribution in [1.29, 1.82) is 0 Å². The highest BCUT2D eigenvalue weighted by molar-refractivity contribution is 7.99. The number of rotatable bonds is 0. The average Bonchev–Trinajstić information content (AvgIpc) is 2.33. The molecule has 0 unspecified atom stereocenters. The Hall–Kier alpha value is -0.770. The lowest BCUT2D eigenvalue weighted by atomic mass is 10.7. The van der Waals surface area contributed by atoms with Gasteiger partial charge in [0.2, 0.25) is 5.88 Å². The van der Waals surface area contributed by atoms with Gasteiger partial charge in [-0.05, 0) is 0 Å². The number of hydrogen-bond acceptors (Lipinski definition) is 4. The fraction of sp³-hybridized carbons (Fsp3) is 0.200. The number of thioether (sulfide) groups is 1. The van der Waals surface area contributed by atoms with Crippen molar-refractivity contribution in [3.05, 3.63) is 12.4 Å². The summed E-state index contributed by atoms with van der Waals surface area (Å²) in [4.78, 5) is 7.99. The van der Waals surface area contributed by atoms with Crippen LogP contribution in [0.25, 0.3) is 0 Å². The largest absolute Gasteiger partial charge is 0.464 e. The number of aromatic nitrogens is 2. The lowest BCUT2D eigenvalue weighted by Crippen LogP contribution is -1.85. The van der Waals surface area contributed by atoms with E-state index in [1.54, 1.807) is 24.2 Å². The molecule has 0 saturated heterocycles. The van der Waals surface area contributed by atoms with Crippen LogP contribution in [0.5, 0.6) is 5.88 Å². The number of fused-ring (bicyclic) bond motifs is 1. The maximum atomic E-state index is 5.09. The molecule has 0 fully saturated rings. The summed E-state index contributed by atoms with van der Waals surface area (Å²) in [5, 5.41) is 0.900. The third kappa shape index (κ3) is 0.751. The van der Waals surface area contributed by atoms with Crippen LogP contribution in [0, 0.1) is 0 Å². The Kier molecular flexibility index (Phi) is 1.05. The van der Waals surface area contributed by atoms with Crippen LogP contribution in [-0.4, -0.2) is 15.9 Å². The van der Waals surface area contributed by atoms with Gasteiger partial charge in [0.15, 0.2) is 5.03 Å². The van der Waals surface area contributed by atoms with Crippen LogP contribution < -0.4 is 4.74 Å². The van der Waals surface area contributed by atoms with Crippen molar-refractivity contribution >= 4 is 11.8 Å². The van der Waals surface area contributed by atoms with Crippen molar-refractivity contribution < 1.29 is 4.74 Å². The Bertz CT molecular complexity index is 205. The zero-order valence-corrected chi connectivity index (χ0v) is 5.39. The molecule has 0 saturated carbocycles. The van der Waals surface area contributed by atoms with Crippen molar-refractivity contribution in [2.45, 2.75) is 5.03 Å². The lowest BCUT2D eigenvalue weighted by Gasteiger charge is -1.89. The van der Waals surface area contributed by atoms with E-state index in [-0.39, 0.29) is 0 Å². The van der Waals surface area contributed by atoms with Gasteiger partial charge in [0.05, 0.1) is 0 Å². The van der Waals surface area contributed by atoms with E-state index < -0.39 is 0 Å². The van der Waals surface area contributed by atoms with Crippen molar-refractivity contribution in [1.82, 2.24) is 9.97 Å². The molecule has 0 N–H and O–H groups in total. The SMILES string of the molecule is c1cnc2c(n1)OCS2. The Morgan fingerprint density at radius 2 is 2.33 bits per heavy atom. The molecule has 0 bridgehead atoms. The van der Waals surface area contributed by atoms with Gasteiger partial charge in [-0.1, -0.05) is 11.8 Å². The van der Waals surface area contributed by atoms with Gasteiger partial charge in [0.25, 0.3) is 0 Å². The topological polar surface area (TPSA) is 35.0 Å². The standard InChI is InChI=1S/C5H4N2OS/c1-2-7-5-4(6-1)8-3-9-5/h1-2H,3H2. The molecule has 1 aliphatic rings. The molecular weight excluding hydrogens is 136 g/mol. The van der Waals surface area contributed by atoms with Crippen LogP contribution in [0.2, 0.25) is 0 Å². The van der Waals surface area contributed by atoms with Crippen molar-refractivity contribution in [3.63, 3.8) is 0 Å². The summed E-state index contributed by atoms with van der Waals surface area (Å²) in [6.07, 6.45) is 3.30. The molecule has 0 aliphatic carbocycles. The van der Waals surface area contributed by atoms with Crippen LogP contribution in [0.4, 0.5) is 0 Å². The molecular formula is C5H4N2OS. The predicted octanol–water partition coefficient (Wildman–Crippen LogP) is 0.919. The smallest absolute Gasteiger partial charge is 0.247 e. The minimum absolute atomic E-state index is 0.652. The normalized spacial score (nSPS) is 14.7. The average molecular weight is 140 g/mol. The molecule has 1 aromatic heterocycles. The summed E-state index contributed by atoms with van der Waals surface area (Å²) in [6, 6.07) is 0. The first kappa shape index (κ1) is 5.05.